The highest BCUT2D eigenvalue weighted by molar-refractivity contribution is 9.10. The molecule has 3 aromatic rings. The molecule has 0 radical (unpaired) electrons. The fourth-order valence-corrected chi connectivity index (χ4v) is 3.52. The summed E-state index contributed by atoms with van der Waals surface area (Å²) in [6, 6.07) is 14.1. The molecule has 0 bridgehead atoms. The van der Waals surface area contributed by atoms with E-state index in [2.05, 4.69) is 73.0 Å². The lowest BCUT2D eigenvalue weighted by Gasteiger charge is -2.11. The number of hydrogen-bond donors (Lipinski definition) is 3. The second-order valence-corrected chi connectivity index (χ2v) is 7.57. The molecule has 6 nitrogen and oxygen atoms in total. The number of aromatic nitrogens is 2. The number of benzene rings is 2. The normalized spacial score (nSPS) is 12.4. The molecule has 7 heteroatoms. The maximum Gasteiger partial charge on any atom is 0.229 e. The van der Waals surface area contributed by atoms with Gasteiger partial charge in [0.05, 0.1) is 10.9 Å². The summed E-state index contributed by atoms with van der Waals surface area (Å²) in [5.74, 6) is 1.26. The maximum atomic E-state index is 11.5. The lowest BCUT2D eigenvalue weighted by atomic mass is 10.1. The minimum atomic E-state index is 0.0205. The van der Waals surface area contributed by atoms with E-state index in [0.29, 0.717) is 12.4 Å². The molecule has 1 amide bonds. The summed E-state index contributed by atoms with van der Waals surface area (Å²) in [7, 11) is 0. The van der Waals surface area contributed by atoms with E-state index in [9.17, 15) is 4.79 Å². The smallest absolute Gasteiger partial charge is 0.229 e. The average Bonchev–Trinajstić information content (AvgIpc) is 3.05. The van der Waals surface area contributed by atoms with E-state index in [1.807, 2.05) is 18.2 Å². The molecule has 0 fully saturated rings. The van der Waals surface area contributed by atoms with Crippen molar-refractivity contribution in [2.24, 2.45) is 0 Å². The van der Waals surface area contributed by atoms with Gasteiger partial charge in [-0.2, -0.15) is 4.98 Å². The van der Waals surface area contributed by atoms with Gasteiger partial charge in [-0.3, -0.25) is 4.79 Å². The van der Waals surface area contributed by atoms with Crippen molar-refractivity contribution < 1.29 is 4.79 Å². The Morgan fingerprint density at radius 3 is 2.93 bits per heavy atom. The zero-order valence-corrected chi connectivity index (χ0v) is 17.0. The van der Waals surface area contributed by atoms with Gasteiger partial charge in [-0.15, -0.1) is 0 Å². The highest BCUT2D eigenvalue weighted by Crippen LogP contribution is 2.28. The number of fused-ring (bicyclic) bond motifs is 1. The molecule has 0 atom stereocenters. The Balaban J connectivity index is 1.43. The van der Waals surface area contributed by atoms with Gasteiger partial charge in [-0.25, -0.2) is 4.98 Å². The standard InChI is InChI=1S/C21H20BrN5O/c1-13-4-2-3-5-14(13)8-9-23-20-17(22)12-24-21(27-20)25-16-6-7-18-15(10-16)11-19(28)26-18/h2-7,10,12H,8-9,11H2,1H3,(H,26,28)(H2,23,24,25,27). The first-order valence-corrected chi connectivity index (χ1v) is 9.88. The summed E-state index contributed by atoms with van der Waals surface area (Å²) in [6.07, 6.45) is 3.04. The molecule has 0 saturated carbocycles. The number of halogens is 1. The lowest BCUT2D eigenvalue weighted by Crippen LogP contribution is -2.09. The first-order valence-electron chi connectivity index (χ1n) is 9.09. The predicted octanol–water partition coefficient (Wildman–Crippen LogP) is 4.44. The highest BCUT2D eigenvalue weighted by Gasteiger charge is 2.17. The van der Waals surface area contributed by atoms with Crippen LogP contribution in [0.5, 0.6) is 0 Å². The molecule has 0 spiro atoms. The van der Waals surface area contributed by atoms with E-state index in [4.69, 9.17) is 0 Å². The molecule has 1 aliphatic heterocycles. The van der Waals surface area contributed by atoms with Crippen molar-refractivity contribution >= 4 is 45.0 Å². The number of rotatable bonds is 6. The van der Waals surface area contributed by atoms with Crippen LogP contribution in [-0.2, 0) is 17.6 Å². The SMILES string of the molecule is Cc1ccccc1CCNc1nc(Nc2ccc3c(c2)CC(=O)N3)ncc1Br. The molecular weight excluding hydrogens is 418 g/mol. The third kappa shape index (κ3) is 4.14. The molecule has 28 heavy (non-hydrogen) atoms. The van der Waals surface area contributed by atoms with E-state index >= 15 is 0 Å². The summed E-state index contributed by atoms with van der Waals surface area (Å²) >= 11 is 3.50. The molecule has 142 valence electrons. The fraction of sp³-hybridized carbons (Fsp3) is 0.190. The van der Waals surface area contributed by atoms with Gasteiger partial charge in [0.2, 0.25) is 11.9 Å². The summed E-state index contributed by atoms with van der Waals surface area (Å²) in [5, 5.41) is 9.41. The second-order valence-electron chi connectivity index (χ2n) is 6.72. The van der Waals surface area contributed by atoms with Gasteiger partial charge >= 0.3 is 0 Å². The number of nitrogens with one attached hydrogen (secondary N) is 3. The first-order chi connectivity index (χ1) is 13.6. The second kappa shape index (κ2) is 7.98. The van der Waals surface area contributed by atoms with Crippen molar-refractivity contribution in [3.8, 4) is 0 Å². The molecular formula is C21H20BrN5O. The number of hydrogen-bond acceptors (Lipinski definition) is 5. The number of carbonyl (C=O) groups is 1. The van der Waals surface area contributed by atoms with Crippen LogP contribution in [0.2, 0.25) is 0 Å². The summed E-state index contributed by atoms with van der Waals surface area (Å²) < 4.78 is 0.812. The number of anilines is 4. The maximum absolute atomic E-state index is 11.5. The van der Waals surface area contributed by atoms with Crippen LogP contribution < -0.4 is 16.0 Å². The van der Waals surface area contributed by atoms with Crippen molar-refractivity contribution in [2.75, 3.05) is 22.5 Å². The molecule has 4 rings (SSSR count). The van der Waals surface area contributed by atoms with E-state index in [1.54, 1.807) is 6.20 Å². The van der Waals surface area contributed by atoms with Gasteiger partial charge in [-0.1, -0.05) is 24.3 Å². The molecule has 0 unspecified atom stereocenters. The van der Waals surface area contributed by atoms with Crippen molar-refractivity contribution in [1.82, 2.24) is 9.97 Å². The van der Waals surface area contributed by atoms with E-state index < -0.39 is 0 Å². The number of amides is 1. The van der Waals surface area contributed by atoms with Crippen LogP contribution in [0.15, 0.2) is 53.1 Å². The Kier molecular flexibility index (Phi) is 5.25. The Bertz CT molecular complexity index is 1040. The van der Waals surface area contributed by atoms with E-state index in [-0.39, 0.29) is 5.91 Å². The summed E-state index contributed by atoms with van der Waals surface area (Å²) in [4.78, 5) is 20.4. The van der Waals surface area contributed by atoms with Gasteiger partial charge in [0.1, 0.15) is 5.82 Å². The van der Waals surface area contributed by atoms with Crippen molar-refractivity contribution in [3.63, 3.8) is 0 Å². The van der Waals surface area contributed by atoms with Crippen molar-refractivity contribution in [2.45, 2.75) is 19.8 Å². The minimum Gasteiger partial charge on any atom is -0.369 e. The van der Waals surface area contributed by atoms with Gasteiger partial charge in [-0.05, 0) is 64.2 Å². The topological polar surface area (TPSA) is 78.9 Å². The largest absolute Gasteiger partial charge is 0.369 e. The predicted molar refractivity (Wildman–Crippen MR) is 115 cm³/mol. The zero-order valence-electron chi connectivity index (χ0n) is 15.4. The lowest BCUT2D eigenvalue weighted by molar-refractivity contribution is -0.115. The molecule has 0 saturated heterocycles. The quantitative estimate of drug-likeness (QED) is 0.531. The van der Waals surface area contributed by atoms with Crippen LogP contribution in [-0.4, -0.2) is 22.4 Å². The third-order valence-corrected chi connectivity index (χ3v) is 5.26. The fourth-order valence-electron chi connectivity index (χ4n) is 3.19. The summed E-state index contributed by atoms with van der Waals surface area (Å²) in [6.45, 7) is 2.89. The Morgan fingerprint density at radius 2 is 2.07 bits per heavy atom. The average molecular weight is 438 g/mol. The Hall–Kier alpha value is -2.93. The number of aryl methyl sites for hydroxylation is 1. The van der Waals surface area contributed by atoms with Crippen LogP contribution in [0.3, 0.4) is 0 Å². The minimum absolute atomic E-state index is 0.0205. The highest BCUT2D eigenvalue weighted by atomic mass is 79.9. The van der Waals surface area contributed by atoms with Crippen LogP contribution in [0, 0.1) is 6.92 Å². The van der Waals surface area contributed by atoms with Gasteiger partial charge < -0.3 is 16.0 Å². The summed E-state index contributed by atoms with van der Waals surface area (Å²) in [5.41, 5.74) is 5.30. The molecule has 3 N–H and O–H groups in total. The van der Waals surface area contributed by atoms with Crippen LogP contribution in [0.4, 0.5) is 23.1 Å². The molecule has 2 aromatic carbocycles. The Labute approximate surface area is 171 Å². The van der Waals surface area contributed by atoms with E-state index in [0.717, 1.165) is 40.2 Å². The van der Waals surface area contributed by atoms with Crippen molar-refractivity contribution in [1.29, 1.82) is 0 Å². The third-order valence-electron chi connectivity index (χ3n) is 4.68. The van der Waals surface area contributed by atoms with Crippen LogP contribution in [0.1, 0.15) is 16.7 Å². The monoisotopic (exact) mass is 437 g/mol. The van der Waals surface area contributed by atoms with Crippen LogP contribution in [0.25, 0.3) is 0 Å². The Morgan fingerprint density at radius 1 is 1.21 bits per heavy atom. The molecule has 2 heterocycles. The molecule has 1 aliphatic rings. The molecule has 0 aliphatic carbocycles. The van der Waals surface area contributed by atoms with Gasteiger partial charge in [0, 0.05) is 24.1 Å². The van der Waals surface area contributed by atoms with Gasteiger partial charge in [0.25, 0.3) is 0 Å². The number of carbonyl (C=O) groups excluding carboxylic acids is 1. The van der Waals surface area contributed by atoms with Crippen LogP contribution >= 0.6 is 15.9 Å². The number of nitrogens with zero attached hydrogens (tertiary/aromatic N) is 2. The van der Waals surface area contributed by atoms with E-state index in [1.165, 1.54) is 11.1 Å². The zero-order chi connectivity index (χ0) is 19.5. The first kappa shape index (κ1) is 18.4. The molecule has 1 aromatic heterocycles. The van der Waals surface area contributed by atoms with Crippen molar-refractivity contribution in [3.05, 3.63) is 69.8 Å². The van der Waals surface area contributed by atoms with Gasteiger partial charge in [0.15, 0.2) is 0 Å².